The van der Waals surface area contributed by atoms with Gasteiger partial charge < -0.3 is 0 Å². The lowest BCUT2D eigenvalue weighted by Gasteiger charge is -2.28. The topological polar surface area (TPSA) is 34.1 Å². The van der Waals surface area contributed by atoms with Crippen molar-refractivity contribution < 1.29 is 9.59 Å². The van der Waals surface area contributed by atoms with E-state index in [2.05, 4.69) is 48.5 Å². The molecule has 2 nitrogen and oxygen atoms in total. The van der Waals surface area contributed by atoms with Crippen molar-refractivity contribution in [3.63, 3.8) is 0 Å². The molecule has 0 heterocycles. The van der Waals surface area contributed by atoms with Gasteiger partial charge in [-0.3, -0.25) is 9.59 Å². The number of allylic oxidation sites excluding steroid dienone is 4. The maximum absolute atomic E-state index is 12.4. The van der Waals surface area contributed by atoms with Gasteiger partial charge in [-0.2, -0.15) is 0 Å². The van der Waals surface area contributed by atoms with Gasteiger partial charge in [0.25, 0.3) is 0 Å². The van der Waals surface area contributed by atoms with Crippen LogP contribution in [0.5, 0.6) is 0 Å². The van der Waals surface area contributed by atoms with Crippen molar-refractivity contribution in [2.45, 2.75) is 25.2 Å². The molecule has 1 atom stereocenters. The second kappa shape index (κ2) is 5.77. The second-order valence-corrected chi connectivity index (χ2v) is 7.24. The van der Waals surface area contributed by atoms with Crippen LogP contribution in [0.4, 0.5) is 0 Å². The first-order valence-electron chi connectivity index (χ1n) is 9.12. The lowest BCUT2D eigenvalue weighted by atomic mass is 9.75. The number of rotatable bonds is 1. The third kappa shape index (κ3) is 2.41. The van der Waals surface area contributed by atoms with E-state index in [9.17, 15) is 9.59 Å². The molecule has 3 aromatic carbocycles. The Balaban J connectivity index is 1.70. The molecule has 3 aromatic rings. The highest BCUT2D eigenvalue weighted by atomic mass is 16.1. The largest absolute Gasteiger partial charge is 0.290 e. The number of carbonyl (C=O) groups excluding carboxylic acids is 2. The van der Waals surface area contributed by atoms with Crippen molar-refractivity contribution in [1.29, 1.82) is 0 Å². The van der Waals surface area contributed by atoms with Crippen LogP contribution in [0.25, 0.3) is 21.5 Å². The average molecular weight is 338 g/mol. The predicted molar refractivity (Wildman–Crippen MR) is 104 cm³/mol. The quantitative estimate of drug-likeness (QED) is 0.460. The minimum atomic E-state index is -0.0847. The Morgan fingerprint density at radius 2 is 1.54 bits per heavy atom. The normalized spacial score (nSPS) is 19.7. The monoisotopic (exact) mass is 338 g/mol. The predicted octanol–water partition coefficient (Wildman–Crippen LogP) is 5.05. The van der Waals surface area contributed by atoms with E-state index in [0.717, 1.165) is 19.3 Å². The summed E-state index contributed by atoms with van der Waals surface area (Å²) in [5.41, 5.74) is 3.17. The summed E-state index contributed by atoms with van der Waals surface area (Å²) in [6.45, 7) is 0. The molecule has 0 N–H and O–H groups in total. The van der Waals surface area contributed by atoms with Crippen LogP contribution in [0, 0.1) is 0 Å². The van der Waals surface area contributed by atoms with E-state index in [1.807, 2.05) is 0 Å². The van der Waals surface area contributed by atoms with Crippen molar-refractivity contribution >= 4 is 33.1 Å². The number of benzene rings is 3. The Kier molecular flexibility index (Phi) is 3.39. The molecule has 2 heteroatoms. The number of aryl methyl sites for hydroxylation is 1. The summed E-state index contributed by atoms with van der Waals surface area (Å²) in [7, 11) is 0. The van der Waals surface area contributed by atoms with Crippen LogP contribution in [-0.2, 0) is 16.0 Å². The minimum Gasteiger partial charge on any atom is -0.290 e. The number of fused-ring (bicyclic) bond motifs is 3. The summed E-state index contributed by atoms with van der Waals surface area (Å²) in [6, 6.07) is 17.4. The fraction of sp³-hybridized carbons (Fsp3) is 0.167. The van der Waals surface area contributed by atoms with Gasteiger partial charge >= 0.3 is 0 Å². The molecule has 0 spiro atoms. The van der Waals surface area contributed by atoms with Gasteiger partial charge in [-0.1, -0.05) is 36.4 Å². The molecule has 26 heavy (non-hydrogen) atoms. The summed E-state index contributed by atoms with van der Waals surface area (Å²) in [5.74, 6) is -0.0874. The van der Waals surface area contributed by atoms with Crippen LogP contribution in [0.2, 0.25) is 0 Å². The molecule has 0 saturated heterocycles. The lowest BCUT2D eigenvalue weighted by Crippen LogP contribution is -2.19. The van der Waals surface area contributed by atoms with Crippen molar-refractivity contribution in [3.8, 4) is 0 Å². The molecular formula is C24H18O2. The van der Waals surface area contributed by atoms with Crippen molar-refractivity contribution in [3.05, 3.63) is 83.5 Å². The maximum atomic E-state index is 12.4. The minimum absolute atomic E-state index is 0.0241. The van der Waals surface area contributed by atoms with Gasteiger partial charge in [0, 0.05) is 11.5 Å². The summed E-state index contributed by atoms with van der Waals surface area (Å²) < 4.78 is 0. The van der Waals surface area contributed by atoms with E-state index in [1.165, 1.54) is 50.9 Å². The Morgan fingerprint density at radius 1 is 0.808 bits per heavy atom. The molecule has 0 bridgehead atoms. The maximum Gasteiger partial charge on any atom is 0.182 e. The number of hydrogen-bond donors (Lipinski definition) is 0. The number of hydrogen-bond acceptors (Lipinski definition) is 2. The molecule has 0 aliphatic heterocycles. The molecule has 126 valence electrons. The van der Waals surface area contributed by atoms with E-state index in [1.54, 1.807) is 0 Å². The Bertz CT molecular complexity index is 1150. The Labute approximate surface area is 151 Å². The van der Waals surface area contributed by atoms with E-state index >= 15 is 0 Å². The molecule has 2 aliphatic carbocycles. The zero-order valence-corrected chi connectivity index (χ0v) is 14.4. The highest BCUT2D eigenvalue weighted by molar-refractivity contribution is 6.18. The van der Waals surface area contributed by atoms with Gasteiger partial charge in [-0.25, -0.2) is 0 Å². The fourth-order valence-corrected chi connectivity index (χ4v) is 4.37. The van der Waals surface area contributed by atoms with Crippen LogP contribution in [-0.4, -0.2) is 11.6 Å². The molecule has 0 amide bonds. The molecule has 0 radical (unpaired) electrons. The van der Waals surface area contributed by atoms with E-state index in [0.29, 0.717) is 5.57 Å². The van der Waals surface area contributed by atoms with Gasteiger partial charge in [0.2, 0.25) is 0 Å². The van der Waals surface area contributed by atoms with E-state index in [4.69, 9.17) is 0 Å². The average Bonchev–Trinajstić information content (AvgIpc) is 2.66. The van der Waals surface area contributed by atoms with Crippen molar-refractivity contribution in [1.82, 2.24) is 0 Å². The van der Waals surface area contributed by atoms with E-state index < -0.39 is 0 Å². The van der Waals surface area contributed by atoms with Gasteiger partial charge in [0.15, 0.2) is 11.6 Å². The van der Waals surface area contributed by atoms with Crippen LogP contribution in [0.3, 0.4) is 0 Å². The van der Waals surface area contributed by atoms with Crippen molar-refractivity contribution in [2.75, 3.05) is 0 Å². The van der Waals surface area contributed by atoms with Gasteiger partial charge in [-0.15, -0.1) is 0 Å². The van der Waals surface area contributed by atoms with Crippen LogP contribution >= 0.6 is 0 Å². The van der Waals surface area contributed by atoms with Crippen LogP contribution < -0.4 is 0 Å². The molecule has 0 aromatic heterocycles. The molecule has 5 rings (SSSR count). The number of carbonyl (C=O) groups is 2. The summed E-state index contributed by atoms with van der Waals surface area (Å²) >= 11 is 0. The first-order valence-corrected chi connectivity index (χ1v) is 9.12. The van der Waals surface area contributed by atoms with Gasteiger partial charge in [0.1, 0.15) is 0 Å². The Hall–Kier alpha value is -3.00. The molecule has 2 aliphatic rings. The first-order chi connectivity index (χ1) is 12.7. The highest BCUT2D eigenvalue weighted by Gasteiger charge is 2.28. The van der Waals surface area contributed by atoms with Gasteiger partial charge in [0.05, 0.1) is 0 Å². The zero-order chi connectivity index (χ0) is 17.7. The van der Waals surface area contributed by atoms with Crippen LogP contribution in [0.1, 0.15) is 29.9 Å². The lowest BCUT2D eigenvalue weighted by molar-refractivity contribution is -0.114. The molecule has 0 saturated carbocycles. The summed E-state index contributed by atoms with van der Waals surface area (Å²) in [5, 5.41) is 4.90. The molecular weight excluding hydrogens is 320 g/mol. The standard InChI is InChI=1S/C24H18O2/c25-20-8-9-24(26)23(14-20)21-7-3-6-17-12-18-10-15-4-1-2-5-16(15)11-19(18)13-22(17)21/h1-2,4-5,8-14,21H,3,6-7H2. The second-order valence-electron chi connectivity index (χ2n) is 7.24. The highest BCUT2D eigenvalue weighted by Crippen LogP contribution is 2.40. The zero-order valence-electron chi connectivity index (χ0n) is 14.4. The third-order valence-corrected chi connectivity index (χ3v) is 5.63. The van der Waals surface area contributed by atoms with Gasteiger partial charge in [-0.05, 0) is 82.3 Å². The smallest absolute Gasteiger partial charge is 0.182 e. The summed E-state index contributed by atoms with van der Waals surface area (Å²) in [6.07, 6.45) is 7.30. The van der Waals surface area contributed by atoms with Crippen LogP contribution in [0.15, 0.2) is 72.3 Å². The molecule has 0 fully saturated rings. The third-order valence-electron chi connectivity index (χ3n) is 5.63. The number of ketones is 2. The summed E-state index contributed by atoms with van der Waals surface area (Å²) in [4.78, 5) is 24.2. The fourth-order valence-electron chi connectivity index (χ4n) is 4.37. The Morgan fingerprint density at radius 3 is 2.31 bits per heavy atom. The van der Waals surface area contributed by atoms with Crippen molar-refractivity contribution in [2.24, 2.45) is 0 Å². The molecule has 1 unspecified atom stereocenters. The first kappa shape index (κ1) is 15.3. The SMILES string of the molecule is O=C1C=CC(=O)C(C2CCCc3cc4cc5ccccc5cc4cc32)=C1. The van der Waals surface area contributed by atoms with E-state index in [-0.39, 0.29) is 17.5 Å².